The molecule has 0 radical (unpaired) electrons. The van der Waals surface area contributed by atoms with Gasteiger partial charge in [0.2, 0.25) is 0 Å². The zero-order valence-electron chi connectivity index (χ0n) is 8.51. The van der Waals surface area contributed by atoms with E-state index in [9.17, 15) is 5.11 Å². The largest absolute Gasteiger partial charge is 0.388 e. The van der Waals surface area contributed by atoms with Crippen molar-refractivity contribution in [3.63, 3.8) is 0 Å². The topological polar surface area (TPSA) is 49.2 Å². The van der Waals surface area contributed by atoms with Gasteiger partial charge in [-0.25, -0.2) is 4.98 Å². The van der Waals surface area contributed by atoms with E-state index in [0.717, 1.165) is 18.7 Å². The fourth-order valence-corrected chi connectivity index (χ4v) is 1.94. The van der Waals surface area contributed by atoms with Crippen molar-refractivity contribution >= 4 is 5.82 Å². The molecule has 2 atom stereocenters. The van der Waals surface area contributed by atoms with Gasteiger partial charge in [-0.2, -0.15) is 0 Å². The van der Waals surface area contributed by atoms with E-state index in [4.69, 9.17) is 0 Å². The lowest BCUT2D eigenvalue weighted by Gasteiger charge is -2.47. The Labute approximate surface area is 83.6 Å². The number of hydrogen-bond acceptors (Lipinski definition) is 4. The van der Waals surface area contributed by atoms with Gasteiger partial charge in [-0.05, 0) is 19.8 Å². The van der Waals surface area contributed by atoms with Crippen molar-refractivity contribution < 1.29 is 5.11 Å². The molecule has 1 saturated carbocycles. The summed E-state index contributed by atoms with van der Waals surface area (Å²) in [6.45, 7) is 1.87. The standard InChI is InChI=1S/C10H15N3O/c1-10(14)4-3-8(10)13(2)9-7-11-5-6-12-9/h5-8,14H,3-4H2,1-2H3/t8-,10-/m1/s1. The molecule has 1 aliphatic carbocycles. The number of aliphatic hydroxyl groups is 1. The Balaban J connectivity index is 2.13. The van der Waals surface area contributed by atoms with E-state index in [1.165, 1.54) is 0 Å². The number of aromatic nitrogens is 2. The molecule has 0 aromatic carbocycles. The highest BCUT2D eigenvalue weighted by Gasteiger charge is 2.43. The molecule has 4 heteroatoms. The fourth-order valence-electron chi connectivity index (χ4n) is 1.94. The van der Waals surface area contributed by atoms with Gasteiger partial charge in [0, 0.05) is 19.4 Å². The average Bonchev–Trinajstić information content (AvgIpc) is 2.18. The molecule has 0 unspecified atom stereocenters. The molecular weight excluding hydrogens is 178 g/mol. The van der Waals surface area contributed by atoms with Gasteiger partial charge >= 0.3 is 0 Å². The molecular formula is C10H15N3O. The lowest BCUT2D eigenvalue weighted by atomic mass is 9.75. The molecule has 76 valence electrons. The van der Waals surface area contributed by atoms with Crippen LogP contribution < -0.4 is 4.90 Å². The van der Waals surface area contributed by atoms with Crippen LogP contribution in [0.15, 0.2) is 18.6 Å². The van der Waals surface area contributed by atoms with Crippen LogP contribution in [0.5, 0.6) is 0 Å². The van der Waals surface area contributed by atoms with Crippen molar-refractivity contribution in [1.29, 1.82) is 0 Å². The first-order valence-corrected chi connectivity index (χ1v) is 4.82. The van der Waals surface area contributed by atoms with Crippen molar-refractivity contribution in [2.45, 2.75) is 31.4 Å². The van der Waals surface area contributed by atoms with Crippen molar-refractivity contribution in [3.05, 3.63) is 18.6 Å². The van der Waals surface area contributed by atoms with E-state index >= 15 is 0 Å². The Kier molecular flexibility index (Phi) is 2.15. The van der Waals surface area contributed by atoms with E-state index in [0.29, 0.717) is 0 Å². The molecule has 0 bridgehead atoms. The van der Waals surface area contributed by atoms with Crippen LogP contribution in [0.3, 0.4) is 0 Å². The minimum absolute atomic E-state index is 0.166. The van der Waals surface area contributed by atoms with Crippen molar-refractivity contribution in [2.75, 3.05) is 11.9 Å². The third-order valence-electron chi connectivity index (χ3n) is 3.02. The highest BCUT2D eigenvalue weighted by atomic mass is 16.3. The van der Waals surface area contributed by atoms with Gasteiger partial charge in [-0.3, -0.25) is 4.98 Å². The molecule has 1 aliphatic rings. The summed E-state index contributed by atoms with van der Waals surface area (Å²) in [5.74, 6) is 0.817. The molecule has 4 nitrogen and oxygen atoms in total. The highest BCUT2D eigenvalue weighted by Crippen LogP contribution is 2.36. The molecule has 1 N–H and O–H groups in total. The monoisotopic (exact) mass is 193 g/mol. The average molecular weight is 193 g/mol. The van der Waals surface area contributed by atoms with Crippen LogP contribution in [0.1, 0.15) is 19.8 Å². The van der Waals surface area contributed by atoms with Crippen LogP contribution in [0.4, 0.5) is 5.82 Å². The smallest absolute Gasteiger partial charge is 0.147 e. The molecule has 0 spiro atoms. The first kappa shape index (κ1) is 9.40. The second-order valence-corrected chi connectivity index (χ2v) is 4.09. The predicted octanol–water partition coefficient (Wildman–Crippen LogP) is 0.826. The summed E-state index contributed by atoms with van der Waals surface area (Å²) in [5, 5.41) is 9.91. The van der Waals surface area contributed by atoms with Gasteiger partial charge < -0.3 is 10.0 Å². The van der Waals surface area contributed by atoms with E-state index < -0.39 is 5.60 Å². The van der Waals surface area contributed by atoms with E-state index in [1.807, 2.05) is 18.9 Å². The highest BCUT2D eigenvalue weighted by molar-refractivity contribution is 5.37. The van der Waals surface area contributed by atoms with E-state index in [1.54, 1.807) is 18.6 Å². The summed E-state index contributed by atoms with van der Waals surface area (Å²) in [4.78, 5) is 10.2. The zero-order valence-corrected chi connectivity index (χ0v) is 8.51. The van der Waals surface area contributed by atoms with E-state index in [-0.39, 0.29) is 6.04 Å². The minimum Gasteiger partial charge on any atom is -0.388 e. The Hall–Kier alpha value is -1.16. The Bertz CT molecular complexity index is 312. The van der Waals surface area contributed by atoms with Crippen LogP contribution >= 0.6 is 0 Å². The van der Waals surface area contributed by atoms with Crippen LogP contribution in [0.2, 0.25) is 0 Å². The maximum Gasteiger partial charge on any atom is 0.147 e. The number of likely N-dealkylation sites (N-methyl/N-ethyl adjacent to an activating group) is 1. The third kappa shape index (κ3) is 1.46. The zero-order chi connectivity index (χ0) is 10.2. The Morgan fingerprint density at radius 2 is 2.36 bits per heavy atom. The Morgan fingerprint density at radius 1 is 1.57 bits per heavy atom. The quantitative estimate of drug-likeness (QED) is 0.755. The fraction of sp³-hybridized carbons (Fsp3) is 0.600. The predicted molar refractivity (Wildman–Crippen MR) is 54.1 cm³/mol. The summed E-state index contributed by atoms with van der Waals surface area (Å²) >= 11 is 0. The van der Waals surface area contributed by atoms with Gasteiger partial charge in [0.1, 0.15) is 5.82 Å². The van der Waals surface area contributed by atoms with Crippen LogP contribution in [0.25, 0.3) is 0 Å². The normalized spacial score (nSPS) is 30.9. The van der Waals surface area contributed by atoms with Gasteiger partial charge in [0.25, 0.3) is 0 Å². The third-order valence-corrected chi connectivity index (χ3v) is 3.02. The van der Waals surface area contributed by atoms with Crippen LogP contribution in [-0.4, -0.2) is 33.8 Å². The van der Waals surface area contributed by atoms with Gasteiger partial charge in [0.15, 0.2) is 0 Å². The molecule has 2 rings (SSSR count). The maximum absolute atomic E-state index is 9.91. The molecule has 1 fully saturated rings. The molecule has 1 aromatic rings. The second kappa shape index (κ2) is 3.20. The molecule has 1 heterocycles. The van der Waals surface area contributed by atoms with Gasteiger partial charge in [0.05, 0.1) is 17.8 Å². The lowest BCUT2D eigenvalue weighted by molar-refractivity contribution is -0.0384. The van der Waals surface area contributed by atoms with Crippen LogP contribution in [0, 0.1) is 0 Å². The molecule has 0 aliphatic heterocycles. The van der Waals surface area contributed by atoms with E-state index in [2.05, 4.69) is 9.97 Å². The van der Waals surface area contributed by atoms with Crippen molar-refractivity contribution in [3.8, 4) is 0 Å². The summed E-state index contributed by atoms with van der Waals surface area (Å²) in [7, 11) is 1.95. The molecule has 14 heavy (non-hydrogen) atoms. The number of rotatable bonds is 2. The van der Waals surface area contributed by atoms with Crippen molar-refractivity contribution in [2.24, 2.45) is 0 Å². The van der Waals surface area contributed by atoms with Crippen molar-refractivity contribution in [1.82, 2.24) is 9.97 Å². The minimum atomic E-state index is -0.577. The van der Waals surface area contributed by atoms with Gasteiger partial charge in [-0.1, -0.05) is 0 Å². The number of hydrogen-bond donors (Lipinski definition) is 1. The second-order valence-electron chi connectivity index (χ2n) is 4.09. The number of nitrogens with zero attached hydrogens (tertiary/aromatic N) is 3. The number of anilines is 1. The van der Waals surface area contributed by atoms with Gasteiger partial charge in [-0.15, -0.1) is 0 Å². The lowest BCUT2D eigenvalue weighted by Crippen LogP contribution is -2.57. The Morgan fingerprint density at radius 3 is 2.79 bits per heavy atom. The first-order valence-electron chi connectivity index (χ1n) is 4.82. The molecule has 1 aromatic heterocycles. The summed E-state index contributed by atoms with van der Waals surface area (Å²) < 4.78 is 0. The summed E-state index contributed by atoms with van der Waals surface area (Å²) in [6, 6.07) is 0.166. The summed E-state index contributed by atoms with van der Waals surface area (Å²) in [5.41, 5.74) is -0.577. The first-order chi connectivity index (χ1) is 6.61. The molecule has 0 saturated heterocycles. The molecule has 0 amide bonds. The SMILES string of the molecule is CN(c1cnccn1)[C@@H]1CC[C@@]1(C)O. The summed E-state index contributed by atoms with van der Waals surface area (Å²) in [6.07, 6.45) is 6.91. The maximum atomic E-state index is 9.91. The van der Waals surface area contributed by atoms with Crippen LogP contribution in [-0.2, 0) is 0 Å².